The third-order valence-corrected chi connectivity index (χ3v) is 3.92. The predicted octanol–water partition coefficient (Wildman–Crippen LogP) is 3.40. The fourth-order valence-electron chi connectivity index (χ4n) is 1.93. The summed E-state index contributed by atoms with van der Waals surface area (Å²) in [5.74, 6) is -0.0815. The van der Waals surface area contributed by atoms with Gasteiger partial charge in [0.05, 0.1) is 6.42 Å². The normalized spacial score (nSPS) is 25.6. The molecule has 0 bridgehead atoms. The lowest BCUT2D eigenvalue weighted by atomic mass is 9.89. The summed E-state index contributed by atoms with van der Waals surface area (Å²) in [5.41, 5.74) is 0. The second-order valence-electron chi connectivity index (χ2n) is 4.54. The van der Waals surface area contributed by atoms with Crippen LogP contribution in [0.1, 0.15) is 38.5 Å². The molecule has 6 heteroatoms. The van der Waals surface area contributed by atoms with Gasteiger partial charge in [0.25, 0.3) is 0 Å². The van der Waals surface area contributed by atoms with E-state index in [4.69, 9.17) is 0 Å². The standard InChI is InChI=1S/C11H17BrF3NO/c12-9-3-1-8(2-4-9)7-16-10(17)5-6-11(13,14)15/h8-9H,1-7H2,(H,16,17). The predicted molar refractivity (Wildman–Crippen MR) is 63.0 cm³/mol. The molecule has 0 heterocycles. The summed E-state index contributed by atoms with van der Waals surface area (Å²) in [6.07, 6.45) is -1.55. The average molecular weight is 316 g/mol. The van der Waals surface area contributed by atoms with Crippen LogP contribution in [-0.4, -0.2) is 23.5 Å². The highest BCUT2D eigenvalue weighted by atomic mass is 79.9. The molecule has 0 spiro atoms. The summed E-state index contributed by atoms with van der Waals surface area (Å²) in [7, 11) is 0. The first-order valence-corrected chi connectivity index (χ1v) is 6.76. The zero-order valence-electron chi connectivity index (χ0n) is 9.52. The molecule has 100 valence electrons. The zero-order valence-corrected chi connectivity index (χ0v) is 11.1. The number of halogens is 4. The molecule has 17 heavy (non-hydrogen) atoms. The van der Waals surface area contributed by atoms with Crippen LogP contribution >= 0.6 is 15.9 Å². The van der Waals surface area contributed by atoms with E-state index in [1.54, 1.807) is 0 Å². The topological polar surface area (TPSA) is 29.1 Å². The maximum atomic E-state index is 11.9. The first-order valence-electron chi connectivity index (χ1n) is 5.84. The minimum absolute atomic E-state index is 0.415. The smallest absolute Gasteiger partial charge is 0.356 e. The Labute approximate surface area is 107 Å². The van der Waals surface area contributed by atoms with Crippen molar-refractivity contribution in [2.45, 2.75) is 49.5 Å². The number of rotatable bonds is 4. The van der Waals surface area contributed by atoms with Crippen LogP contribution < -0.4 is 5.32 Å². The Morgan fingerprint density at radius 1 is 1.24 bits per heavy atom. The van der Waals surface area contributed by atoms with Gasteiger partial charge in [0.15, 0.2) is 0 Å². The van der Waals surface area contributed by atoms with Crippen molar-refractivity contribution in [3.8, 4) is 0 Å². The van der Waals surface area contributed by atoms with Gasteiger partial charge in [0.2, 0.25) is 5.91 Å². The van der Waals surface area contributed by atoms with Gasteiger partial charge in [0, 0.05) is 17.8 Å². The molecule has 0 saturated heterocycles. The van der Waals surface area contributed by atoms with Gasteiger partial charge in [0.1, 0.15) is 0 Å². The van der Waals surface area contributed by atoms with Crippen molar-refractivity contribution in [1.29, 1.82) is 0 Å². The molecule has 0 unspecified atom stereocenters. The van der Waals surface area contributed by atoms with Crippen molar-refractivity contribution in [3.63, 3.8) is 0 Å². The maximum absolute atomic E-state index is 11.9. The van der Waals surface area contributed by atoms with Crippen molar-refractivity contribution in [2.24, 2.45) is 5.92 Å². The third-order valence-electron chi connectivity index (χ3n) is 3.00. The van der Waals surface area contributed by atoms with Crippen LogP contribution in [0.25, 0.3) is 0 Å². The van der Waals surface area contributed by atoms with Gasteiger partial charge in [-0.05, 0) is 31.6 Å². The van der Waals surface area contributed by atoms with Gasteiger partial charge < -0.3 is 5.32 Å². The molecule has 1 rings (SSSR count). The van der Waals surface area contributed by atoms with Crippen molar-refractivity contribution >= 4 is 21.8 Å². The number of nitrogens with one attached hydrogen (secondary N) is 1. The first-order chi connectivity index (χ1) is 7.87. The van der Waals surface area contributed by atoms with Crippen LogP contribution in [0.3, 0.4) is 0 Å². The summed E-state index contributed by atoms with van der Waals surface area (Å²) in [6.45, 7) is 0.510. The van der Waals surface area contributed by atoms with Gasteiger partial charge in [-0.25, -0.2) is 0 Å². The molecule has 1 N–H and O–H groups in total. The Kier molecular flexibility index (Phi) is 5.76. The average Bonchev–Trinajstić information content (AvgIpc) is 2.25. The van der Waals surface area contributed by atoms with E-state index in [9.17, 15) is 18.0 Å². The molecule has 0 atom stereocenters. The third kappa shape index (κ3) is 6.91. The Hall–Kier alpha value is -0.260. The van der Waals surface area contributed by atoms with E-state index in [0.29, 0.717) is 17.3 Å². The van der Waals surface area contributed by atoms with Crippen LogP contribution in [0.2, 0.25) is 0 Å². The Morgan fingerprint density at radius 3 is 2.35 bits per heavy atom. The Balaban J connectivity index is 2.11. The van der Waals surface area contributed by atoms with Crippen LogP contribution in [0.15, 0.2) is 0 Å². The highest BCUT2D eigenvalue weighted by Crippen LogP contribution is 2.28. The zero-order chi connectivity index (χ0) is 12.9. The Bertz CT molecular complexity index is 250. The number of carbonyl (C=O) groups excluding carboxylic acids is 1. The summed E-state index contributed by atoms with van der Waals surface area (Å²) in [6, 6.07) is 0. The van der Waals surface area contributed by atoms with Crippen molar-refractivity contribution in [2.75, 3.05) is 6.54 Å². The van der Waals surface area contributed by atoms with E-state index in [1.807, 2.05) is 0 Å². The molecule has 1 saturated carbocycles. The molecule has 2 nitrogen and oxygen atoms in total. The van der Waals surface area contributed by atoms with Gasteiger partial charge in [-0.1, -0.05) is 15.9 Å². The van der Waals surface area contributed by atoms with Gasteiger partial charge >= 0.3 is 6.18 Å². The lowest BCUT2D eigenvalue weighted by molar-refractivity contribution is -0.144. The fourth-order valence-corrected chi connectivity index (χ4v) is 2.46. The quantitative estimate of drug-likeness (QED) is 0.791. The van der Waals surface area contributed by atoms with E-state index in [2.05, 4.69) is 21.2 Å². The van der Waals surface area contributed by atoms with E-state index >= 15 is 0 Å². The van der Waals surface area contributed by atoms with E-state index in [-0.39, 0.29) is 0 Å². The molecular formula is C11H17BrF3NO. The number of alkyl halides is 4. The van der Waals surface area contributed by atoms with Crippen molar-refractivity contribution in [1.82, 2.24) is 5.32 Å². The van der Waals surface area contributed by atoms with Gasteiger partial charge in [-0.3, -0.25) is 4.79 Å². The van der Waals surface area contributed by atoms with Crippen molar-refractivity contribution in [3.05, 3.63) is 0 Å². The second kappa shape index (κ2) is 6.61. The number of amides is 1. The highest BCUT2D eigenvalue weighted by Gasteiger charge is 2.28. The largest absolute Gasteiger partial charge is 0.389 e. The second-order valence-corrected chi connectivity index (χ2v) is 5.83. The Morgan fingerprint density at radius 2 is 1.82 bits per heavy atom. The van der Waals surface area contributed by atoms with Crippen molar-refractivity contribution < 1.29 is 18.0 Å². The van der Waals surface area contributed by atoms with E-state index in [0.717, 1.165) is 25.7 Å². The lowest BCUT2D eigenvalue weighted by Gasteiger charge is -2.25. The molecule has 1 aliphatic carbocycles. The molecule has 0 aromatic heterocycles. The number of hydrogen-bond acceptors (Lipinski definition) is 1. The summed E-state index contributed by atoms with van der Waals surface area (Å²) in [5, 5.41) is 2.59. The van der Waals surface area contributed by atoms with Crippen LogP contribution in [-0.2, 0) is 4.79 Å². The molecule has 1 amide bonds. The van der Waals surface area contributed by atoms with Crippen LogP contribution in [0, 0.1) is 5.92 Å². The summed E-state index contributed by atoms with van der Waals surface area (Å²) >= 11 is 3.53. The summed E-state index contributed by atoms with van der Waals surface area (Å²) < 4.78 is 35.6. The first kappa shape index (κ1) is 14.8. The van der Waals surface area contributed by atoms with Gasteiger partial charge in [-0.15, -0.1) is 0 Å². The fraction of sp³-hybridized carbons (Fsp3) is 0.909. The van der Waals surface area contributed by atoms with Gasteiger partial charge in [-0.2, -0.15) is 13.2 Å². The minimum atomic E-state index is -4.24. The summed E-state index contributed by atoms with van der Waals surface area (Å²) in [4.78, 5) is 11.7. The van der Waals surface area contributed by atoms with Crippen LogP contribution in [0.4, 0.5) is 13.2 Å². The maximum Gasteiger partial charge on any atom is 0.389 e. The highest BCUT2D eigenvalue weighted by molar-refractivity contribution is 9.09. The van der Waals surface area contributed by atoms with E-state index < -0.39 is 24.9 Å². The SMILES string of the molecule is O=C(CCC(F)(F)F)NCC1CCC(Br)CC1. The molecule has 0 aromatic rings. The van der Waals surface area contributed by atoms with Crippen LogP contribution in [0.5, 0.6) is 0 Å². The molecular weight excluding hydrogens is 299 g/mol. The molecule has 0 aliphatic heterocycles. The molecule has 1 aliphatic rings. The molecule has 1 fully saturated rings. The molecule has 0 radical (unpaired) electrons. The lowest BCUT2D eigenvalue weighted by Crippen LogP contribution is -2.32. The minimum Gasteiger partial charge on any atom is -0.356 e. The number of hydrogen-bond donors (Lipinski definition) is 1. The monoisotopic (exact) mass is 315 g/mol. The number of carbonyl (C=O) groups is 1. The molecule has 0 aromatic carbocycles. The van der Waals surface area contributed by atoms with E-state index in [1.165, 1.54) is 0 Å².